The van der Waals surface area contributed by atoms with Gasteiger partial charge in [0.15, 0.2) is 0 Å². The van der Waals surface area contributed by atoms with Crippen molar-refractivity contribution in [2.75, 3.05) is 24.5 Å². The van der Waals surface area contributed by atoms with E-state index in [1.807, 2.05) is 6.92 Å². The monoisotopic (exact) mass is 234 g/mol. The van der Waals surface area contributed by atoms with Gasteiger partial charge in [-0.2, -0.15) is 0 Å². The molecule has 1 aliphatic heterocycles. The number of hydrogen-bond donors (Lipinski definition) is 1. The second-order valence-electron chi connectivity index (χ2n) is 5.13. The minimum absolute atomic E-state index is 0.381. The van der Waals surface area contributed by atoms with Gasteiger partial charge in [-0.25, -0.2) is 9.97 Å². The summed E-state index contributed by atoms with van der Waals surface area (Å²) < 4.78 is 0. The summed E-state index contributed by atoms with van der Waals surface area (Å²) in [6.07, 6.45) is 0. The van der Waals surface area contributed by atoms with Gasteiger partial charge in [0.05, 0.1) is 0 Å². The lowest BCUT2D eigenvalue weighted by Gasteiger charge is -2.35. The molecule has 1 saturated heterocycles. The van der Waals surface area contributed by atoms with Gasteiger partial charge in [-0.1, -0.05) is 13.8 Å². The number of aromatic nitrogens is 2. The summed E-state index contributed by atoms with van der Waals surface area (Å²) in [6.45, 7) is 11.6. The summed E-state index contributed by atoms with van der Waals surface area (Å²) in [5.74, 6) is 2.41. The Labute approximate surface area is 103 Å². The first-order valence-corrected chi connectivity index (χ1v) is 6.41. The Balaban J connectivity index is 2.30. The van der Waals surface area contributed by atoms with Gasteiger partial charge in [-0.05, 0) is 13.8 Å². The average Bonchev–Trinajstić information content (AvgIpc) is 2.28. The molecule has 1 N–H and O–H groups in total. The number of aryl methyl sites for hydroxylation is 1. The number of hydrogen-bond acceptors (Lipinski definition) is 4. The van der Waals surface area contributed by atoms with E-state index in [0.29, 0.717) is 12.0 Å². The van der Waals surface area contributed by atoms with Gasteiger partial charge >= 0.3 is 0 Å². The Morgan fingerprint density at radius 1 is 1.41 bits per heavy atom. The first-order valence-electron chi connectivity index (χ1n) is 6.41. The first-order chi connectivity index (χ1) is 8.08. The van der Waals surface area contributed by atoms with Crippen LogP contribution in [0, 0.1) is 6.92 Å². The summed E-state index contributed by atoms with van der Waals surface area (Å²) in [7, 11) is 0. The molecule has 1 atom stereocenters. The second kappa shape index (κ2) is 5.00. The lowest BCUT2D eigenvalue weighted by Crippen LogP contribution is -2.50. The zero-order valence-electron chi connectivity index (χ0n) is 11.2. The summed E-state index contributed by atoms with van der Waals surface area (Å²) >= 11 is 0. The molecule has 0 aliphatic carbocycles. The molecule has 1 aromatic heterocycles. The molecule has 0 aromatic carbocycles. The van der Waals surface area contributed by atoms with Crippen molar-refractivity contribution in [1.29, 1.82) is 0 Å². The molecular formula is C13H22N4. The van der Waals surface area contributed by atoms with E-state index in [0.717, 1.165) is 37.0 Å². The fourth-order valence-corrected chi connectivity index (χ4v) is 2.16. The van der Waals surface area contributed by atoms with Crippen molar-refractivity contribution < 1.29 is 0 Å². The molecule has 94 valence electrons. The highest BCUT2D eigenvalue weighted by Gasteiger charge is 2.20. The molecular weight excluding hydrogens is 212 g/mol. The van der Waals surface area contributed by atoms with Crippen LogP contribution in [0.5, 0.6) is 0 Å². The molecule has 0 saturated carbocycles. The molecule has 2 heterocycles. The van der Waals surface area contributed by atoms with Crippen LogP contribution in [0.3, 0.4) is 0 Å². The molecule has 0 amide bonds. The lowest BCUT2D eigenvalue weighted by atomic mass is 10.2. The molecule has 1 fully saturated rings. The minimum Gasteiger partial charge on any atom is -0.351 e. The third kappa shape index (κ3) is 2.75. The van der Waals surface area contributed by atoms with Crippen LogP contribution in [0.4, 0.5) is 5.82 Å². The minimum atomic E-state index is 0.381. The summed E-state index contributed by atoms with van der Waals surface area (Å²) in [6, 6.07) is 2.59. The highest BCUT2D eigenvalue weighted by molar-refractivity contribution is 5.42. The van der Waals surface area contributed by atoms with Crippen molar-refractivity contribution in [3.05, 3.63) is 17.6 Å². The highest BCUT2D eigenvalue weighted by Crippen LogP contribution is 2.19. The first kappa shape index (κ1) is 12.3. The van der Waals surface area contributed by atoms with Gasteiger partial charge < -0.3 is 10.2 Å². The quantitative estimate of drug-likeness (QED) is 0.845. The van der Waals surface area contributed by atoms with E-state index < -0.39 is 0 Å². The van der Waals surface area contributed by atoms with Crippen LogP contribution in [-0.2, 0) is 0 Å². The van der Waals surface area contributed by atoms with Crippen LogP contribution in [0.1, 0.15) is 38.2 Å². The third-order valence-electron chi connectivity index (χ3n) is 3.17. The Morgan fingerprint density at radius 3 is 2.82 bits per heavy atom. The normalized spacial score (nSPS) is 21.0. The second-order valence-corrected chi connectivity index (χ2v) is 5.13. The predicted molar refractivity (Wildman–Crippen MR) is 70.5 cm³/mol. The van der Waals surface area contributed by atoms with E-state index in [9.17, 15) is 0 Å². The maximum Gasteiger partial charge on any atom is 0.133 e. The van der Waals surface area contributed by atoms with E-state index in [4.69, 9.17) is 4.98 Å². The Kier molecular flexibility index (Phi) is 3.62. The van der Waals surface area contributed by atoms with Crippen molar-refractivity contribution in [3.8, 4) is 0 Å². The van der Waals surface area contributed by atoms with Crippen LogP contribution in [0.25, 0.3) is 0 Å². The number of rotatable bonds is 2. The van der Waals surface area contributed by atoms with Crippen molar-refractivity contribution in [3.63, 3.8) is 0 Å². The molecule has 0 spiro atoms. The summed E-state index contributed by atoms with van der Waals surface area (Å²) in [4.78, 5) is 11.6. The Hall–Kier alpha value is -1.16. The number of anilines is 1. The van der Waals surface area contributed by atoms with E-state index in [-0.39, 0.29) is 0 Å². The van der Waals surface area contributed by atoms with E-state index in [1.54, 1.807) is 0 Å². The Bertz CT molecular complexity index is 389. The maximum atomic E-state index is 4.69. The van der Waals surface area contributed by atoms with Gasteiger partial charge in [0, 0.05) is 43.4 Å². The van der Waals surface area contributed by atoms with Crippen LogP contribution >= 0.6 is 0 Å². The average molecular weight is 234 g/mol. The van der Waals surface area contributed by atoms with Gasteiger partial charge in [0.2, 0.25) is 0 Å². The Morgan fingerprint density at radius 2 is 2.18 bits per heavy atom. The van der Waals surface area contributed by atoms with Crippen LogP contribution in [0.15, 0.2) is 6.07 Å². The van der Waals surface area contributed by atoms with Crippen molar-refractivity contribution in [1.82, 2.24) is 15.3 Å². The smallest absolute Gasteiger partial charge is 0.133 e. The van der Waals surface area contributed by atoms with E-state index in [1.165, 1.54) is 0 Å². The van der Waals surface area contributed by atoms with Crippen molar-refractivity contribution in [2.24, 2.45) is 0 Å². The molecule has 1 aliphatic rings. The molecule has 1 unspecified atom stereocenters. The maximum absolute atomic E-state index is 4.69. The van der Waals surface area contributed by atoms with Crippen molar-refractivity contribution >= 4 is 5.82 Å². The lowest BCUT2D eigenvalue weighted by molar-refractivity contribution is 0.495. The van der Waals surface area contributed by atoms with E-state index in [2.05, 4.69) is 42.0 Å². The van der Waals surface area contributed by atoms with Crippen molar-refractivity contribution in [2.45, 2.75) is 39.7 Å². The standard InChI is InChI=1S/C13H22N4/c1-9(2)13-15-10(3)7-12(16-13)17-6-5-14-8-11(17)4/h7,9,11,14H,5-6,8H2,1-4H3. The van der Waals surface area contributed by atoms with Gasteiger partial charge in [-0.3, -0.25) is 0 Å². The van der Waals surface area contributed by atoms with E-state index >= 15 is 0 Å². The van der Waals surface area contributed by atoms with Crippen LogP contribution in [-0.4, -0.2) is 35.6 Å². The number of nitrogens with zero attached hydrogens (tertiary/aromatic N) is 3. The highest BCUT2D eigenvalue weighted by atomic mass is 15.3. The topological polar surface area (TPSA) is 41.0 Å². The SMILES string of the molecule is Cc1cc(N2CCNCC2C)nc(C(C)C)n1. The van der Waals surface area contributed by atoms with Crippen LogP contribution < -0.4 is 10.2 Å². The number of piperazine rings is 1. The zero-order chi connectivity index (χ0) is 12.4. The summed E-state index contributed by atoms with van der Waals surface area (Å²) in [5, 5.41) is 3.40. The molecule has 1 aromatic rings. The van der Waals surface area contributed by atoms with Crippen LogP contribution in [0.2, 0.25) is 0 Å². The van der Waals surface area contributed by atoms with Gasteiger partial charge in [0.1, 0.15) is 11.6 Å². The zero-order valence-corrected chi connectivity index (χ0v) is 11.2. The summed E-state index contributed by atoms with van der Waals surface area (Å²) in [5.41, 5.74) is 1.06. The third-order valence-corrected chi connectivity index (χ3v) is 3.17. The van der Waals surface area contributed by atoms with Gasteiger partial charge in [0.25, 0.3) is 0 Å². The molecule has 0 bridgehead atoms. The molecule has 4 heteroatoms. The molecule has 0 radical (unpaired) electrons. The predicted octanol–water partition coefficient (Wildman–Crippen LogP) is 1.71. The largest absolute Gasteiger partial charge is 0.351 e. The fraction of sp³-hybridized carbons (Fsp3) is 0.692. The van der Waals surface area contributed by atoms with Gasteiger partial charge in [-0.15, -0.1) is 0 Å². The molecule has 17 heavy (non-hydrogen) atoms. The molecule has 4 nitrogen and oxygen atoms in total. The molecule has 2 rings (SSSR count). The fourth-order valence-electron chi connectivity index (χ4n) is 2.16. The number of nitrogens with one attached hydrogen (secondary N) is 1.